The quantitative estimate of drug-likeness (QED) is 0.697. The van der Waals surface area contributed by atoms with E-state index in [4.69, 9.17) is 21.7 Å². The maximum absolute atomic E-state index is 12.4. The highest BCUT2D eigenvalue weighted by Gasteiger charge is 2.31. The van der Waals surface area contributed by atoms with Gasteiger partial charge in [0.15, 0.2) is 0 Å². The second-order valence-electron chi connectivity index (χ2n) is 8.89. The van der Waals surface area contributed by atoms with Crippen molar-refractivity contribution >= 4 is 17.5 Å². The fraction of sp³-hybridized carbons (Fsp3) is 0.500. The van der Waals surface area contributed by atoms with E-state index in [1.54, 1.807) is 41.3 Å². The molecule has 0 radical (unpaired) electrons. The van der Waals surface area contributed by atoms with Gasteiger partial charge in [0.25, 0.3) is 0 Å². The predicted octanol–water partition coefficient (Wildman–Crippen LogP) is 4.32. The molecular formula is C24H31N3O5. The number of aromatic nitrogens is 1. The second kappa shape index (κ2) is 8.76. The SMILES string of the molecule is [2H]C1([2H])COc2ccc(OC3CCN(C(=O)OC(C)(C)C)C3)cc2N1c1cnc(OC)c(C)c1. The number of benzene rings is 1. The lowest BCUT2D eigenvalue weighted by atomic mass is 10.2. The van der Waals surface area contributed by atoms with Gasteiger partial charge in [0, 0.05) is 24.6 Å². The van der Waals surface area contributed by atoms with Crippen molar-refractivity contribution in [3.63, 3.8) is 0 Å². The molecule has 1 aromatic carbocycles. The molecule has 0 aliphatic carbocycles. The summed E-state index contributed by atoms with van der Waals surface area (Å²) in [7, 11) is 1.55. The van der Waals surface area contributed by atoms with Gasteiger partial charge < -0.3 is 28.7 Å². The molecule has 1 amide bonds. The molecule has 172 valence electrons. The van der Waals surface area contributed by atoms with Crippen LogP contribution in [-0.2, 0) is 4.74 Å². The minimum Gasteiger partial charge on any atom is -0.490 e. The number of aryl methyl sites for hydroxylation is 1. The number of anilines is 2. The molecule has 32 heavy (non-hydrogen) atoms. The Morgan fingerprint density at radius 2 is 2.12 bits per heavy atom. The number of likely N-dealkylation sites (tertiary alicyclic amines) is 1. The number of rotatable bonds is 4. The fourth-order valence-electron chi connectivity index (χ4n) is 3.75. The molecule has 4 rings (SSSR count). The van der Waals surface area contributed by atoms with E-state index < -0.39 is 12.1 Å². The molecule has 8 nitrogen and oxygen atoms in total. The summed E-state index contributed by atoms with van der Waals surface area (Å²) in [5.41, 5.74) is 1.37. The van der Waals surface area contributed by atoms with Crippen molar-refractivity contribution in [3.8, 4) is 17.4 Å². The van der Waals surface area contributed by atoms with Gasteiger partial charge in [-0.3, -0.25) is 0 Å². The predicted molar refractivity (Wildman–Crippen MR) is 121 cm³/mol. The molecule has 0 bridgehead atoms. The molecular weight excluding hydrogens is 410 g/mol. The zero-order valence-corrected chi connectivity index (χ0v) is 19.2. The summed E-state index contributed by atoms with van der Waals surface area (Å²) in [6.07, 6.45) is 1.73. The first-order valence-electron chi connectivity index (χ1n) is 11.7. The van der Waals surface area contributed by atoms with E-state index in [1.807, 2.05) is 33.8 Å². The Bertz CT molecular complexity index is 1070. The molecule has 1 atom stereocenters. The average Bonchev–Trinajstić information content (AvgIpc) is 3.20. The van der Waals surface area contributed by atoms with Gasteiger partial charge in [-0.05, 0) is 45.9 Å². The molecule has 2 aromatic rings. The summed E-state index contributed by atoms with van der Waals surface area (Å²) in [6.45, 7) is 6.45. The first-order valence-corrected chi connectivity index (χ1v) is 10.7. The van der Waals surface area contributed by atoms with Crippen molar-refractivity contribution < 1.29 is 26.5 Å². The maximum atomic E-state index is 12.4. The number of carbonyl (C=O) groups is 1. The Hall–Kier alpha value is -3.16. The lowest BCUT2D eigenvalue weighted by Crippen LogP contribution is -2.36. The van der Waals surface area contributed by atoms with Crippen molar-refractivity contribution in [1.29, 1.82) is 0 Å². The van der Waals surface area contributed by atoms with Crippen molar-refractivity contribution in [2.24, 2.45) is 0 Å². The lowest BCUT2D eigenvalue weighted by Gasteiger charge is -2.32. The third kappa shape index (κ3) is 4.84. The van der Waals surface area contributed by atoms with Crippen LogP contribution in [0.25, 0.3) is 0 Å². The Kier molecular flexibility index (Phi) is 5.35. The molecule has 1 aromatic heterocycles. The van der Waals surface area contributed by atoms with Crippen molar-refractivity contribution in [2.75, 3.05) is 38.2 Å². The Balaban J connectivity index is 1.55. The van der Waals surface area contributed by atoms with Gasteiger partial charge in [-0.2, -0.15) is 0 Å². The molecule has 3 heterocycles. The largest absolute Gasteiger partial charge is 0.490 e. The molecule has 1 unspecified atom stereocenters. The lowest BCUT2D eigenvalue weighted by molar-refractivity contribution is 0.0275. The van der Waals surface area contributed by atoms with Gasteiger partial charge in [0.2, 0.25) is 5.88 Å². The monoisotopic (exact) mass is 443 g/mol. The Morgan fingerprint density at radius 3 is 2.84 bits per heavy atom. The van der Waals surface area contributed by atoms with E-state index >= 15 is 0 Å². The van der Waals surface area contributed by atoms with Crippen molar-refractivity contribution in [3.05, 3.63) is 36.0 Å². The van der Waals surface area contributed by atoms with Crippen LogP contribution in [0.1, 0.15) is 35.5 Å². The highest BCUT2D eigenvalue weighted by Crippen LogP contribution is 2.40. The zero-order chi connectivity index (χ0) is 24.7. The van der Waals surface area contributed by atoms with Crippen LogP contribution in [0.3, 0.4) is 0 Å². The Morgan fingerprint density at radius 1 is 1.31 bits per heavy atom. The van der Waals surface area contributed by atoms with E-state index in [1.165, 1.54) is 0 Å². The van der Waals surface area contributed by atoms with E-state index in [9.17, 15) is 4.79 Å². The van der Waals surface area contributed by atoms with E-state index in [0.717, 1.165) is 5.56 Å². The average molecular weight is 444 g/mol. The van der Waals surface area contributed by atoms with Crippen LogP contribution < -0.4 is 19.1 Å². The van der Waals surface area contributed by atoms with Crippen LogP contribution in [0.15, 0.2) is 30.5 Å². The summed E-state index contributed by atoms with van der Waals surface area (Å²) < 4.78 is 39.7. The van der Waals surface area contributed by atoms with Gasteiger partial charge in [-0.25, -0.2) is 9.78 Å². The number of amides is 1. The molecule has 1 fully saturated rings. The Labute approximate surface area is 191 Å². The van der Waals surface area contributed by atoms with Crippen LogP contribution in [-0.4, -0.2) is 61.0 Å². The number of pyridine rings is 1. The molecule has 1 saturated heterocycles. The first-order chi connectivity index (χ1) is 16.0. The summed E-state index contributed by atoms with van der Waals surface area (Å²) >= 11 is 0. The number of nitrogens with zero attached hydrogens (tertiary/aromatic N) is 3. The molecule has 2 aliphatic heterocycles. The van der Waals surface area contributed by atoms with Crippen molar-refractivity contribution in [1.82, 2.24) is 9.88 Å². The third-order valence-corrected chi connectivity index (χ3v) is 5.19. The van der Waals surface area contributed by atoms with Gasteiger partial charge >= 0.3 is 6.09 Å². The van der Waals surface area contributed by atoms with Gasteiger partial charge in [-0.1, -0.05) is 0 Å². The fourth-order valence-corrected chi connectivity index (χ4v) is 3.75. The number of hydrogen-bond donors (Lipinski definition) is 0. The maximum Gasteiger partial charge on any atom is 0.410 e. The van der Waals surface area contributed by atoms with Crippen LogP contribution in [0, 0.1) is 6.92 Å². The van der Waals surface area contributed by atoms with Crippen LogP contribution in [0.4, 0.5) is 16.2 Å². The van der Waals surface area contributed by atoms with E-state index in [2.05, 4.69) is 4.98 Å². The van der Waals surface area contributed by atoms with Gasteiger partial charge in [0.1, 0.15) is 29.8 Å². The second-order valence-corrected chi connectivity index (χ2v) is 8.89. The van der Waals surface area contributed by atoms with Gasteiger partial charge in [0.05, 0.1) is 40.5 Å². The molecule has 0 saturated carbocycles. The standard InChI is InChI=1S/C24H31N3O5/c1-16-12-17(14-25-22(16)29-5)27-10-11-30-21-7-6-18(13-20(21)27)31-19-8-9-26(15-19)23(28)32-24(2,3)4/h6-7,12-14,19H,8-11,15H2,1-5H3/i10D2. The molecule has 0 N–H and O–H groups in total. The van der Waals surface area contributed by atoms with Crippen molar-refractivity contribution in [2.45, 2.75) is 45.8 Å². The number of hydrogen-bond acceptors (Lipinski definition) is 7. The first kappa shape index (κ1) is 19.5. The number of fused-ring (bicyclic) bond motifs is 1. The summed E-state index contributed by atoms with van der Waals surface area (Å²) in [4.78, 5) is 19.9. The third-order valence-electron chi connectivity index (χ3n) is 5.19. The smallest absolute Gasteiger partial charge is 0.410 e. The highest BCUT2D eigenvalue weighted by atomic mass is 16.6. The number of methoxy groups -OCH3 is 1. The minimum atomic E-state index is -1.80. The molecule has 0 spiro atoms. The number of carbonyl (C=O) groups excluding carboxylic acids is 1. The normalized spacial score (nSPS) is 20.6. The summed E-state index contributed by atoms with van der Waals surface area (Å²) in [5.74, 6) is 1.61. The topological polar surface area (TPSA) is 73.4 Å². The van der Waals surface area contributed by atoms with Gasteiger partial charge in [-0.15, -0.1) is 0 Å². The molecule has 2 aliphatic rings. The van der Waals surface area contributed by atoms with Crippen LogP contribution >= 0.6 is 0 Å². The summed E-state index contributed by atoms with van der Waals surface area (Å²) in [5, 5.41) is 0. The molecule has 8 heteroatoms. The number of ether oxygens (including phenoxy) is 4. The highest BCUT2D eigenvalue weighted by molar-refractivity contribution is 5.72. The zero-order valence-electron chi connectivity index (χ0n) is 21.2. The van der Waals surface area contributed by atoms with E-state index in [0.29, 0.717) is 48.3 Å². The summed E-state index contributed by atoms with van der Waals surface area (Å²) in [6, 6.07) is 7.17. The van der Waals surface area contributed by atoms with E-state index in [-0.39, 0.29) is 18.8 Å². The van der Waals surface area contributed by atoms with Crippen LogP contribution in [0.2, 0.25) is 0 Å². The minimum absolute atomic E-state index is 0.126. The van der Waals surface area contributed by atoms with Crippen LogP contribution in [0.5, 0.6) is 17.4 Å².